The topological polar surface area (TPSA) is 73.8 Å². The normalized spacial score (nSPS) is 29.8. The Morgan fingerprint density at radius 1 is 0.585 bits per heavy atom. The van der Waals surface area contributed by atoms with Crippen LogP contribution in [-0.4, -0.2) is 65.4 Å². The van der Waals surface area contributed by atoms with Crippen LogP contribution in [0.3, 0.4) is 0 Å². The number of hydrogen-bond acceptors (Lipinski definition) is 8. The van der Waals surface area contributed by atoms with Crippen molar-refractivity contribution in [2.45, 2.75) is 83.7 Å². The number of benzene rings is 2. The van der Waals surface area contributed by atoms with Crippen molar-refractivity contribution in [3.63, 3.8) is 0 Å². The van der Waals surface area contributed by atoms with E-state index in [4.69, 9.17) is 37.9 Å². The predicted molar refractivity (Wildman–Crippen MR) is 181 cm³/mol. The van der Waals surface area contributed by atoms with E-state index in [0.29, 0.717) is 57.0 Å². The van der Waals surface area contributed by atoms with E-state index >= 15 is 0 Å². The van der Waals surface area contributed by atoms with Crippen molar-refractivity contribution in [3.05, 3.63) is 82.7 Å². The second-order valence-corrected chi connectivity index (χ2v) is 13.9. The van der Waals surface area contributed by atoms with E-state index in [-0.39, 0.29) is 30.0 Å². The fraction of sp³-hybridized carbons (Fsp3) is 0.641. The van der Waals surface area contributed by atoms with Crippen LogP contribution in [-0.2, 0) is 44.1 Å². The fourth-order valence-electron chi connectivity index (χ4n) is 6.52. The average Bonchev–Trinajstić information content (AvgIpc) is 3.17. The zero-order valence-electron chi connectivity index (χ0n) is 30.2. The van der Waals surface area contributed by atoms with Gasteiger partial charge < -0.3 is 37.9 Å². The van der Waals surface area contributed by atoms with Crippen LogP contribution in [0.15, 0.2) is 48.6 Å². The van der Waals surface area contributed by atoms with E-state index in [0.717, 1.165) is 76.0 Å². The summed E-state index contributed by atoms with van der Waals surface area (Å²) in [5.74, 6) is -2.83. The molecule has 2 aromatic carbocycles. The Kier molecular flexibility index (Phi) is 16.0. The quantitative estimate of drug-likeness (QED) is 0.128. The van der Waals surface area contributed by atoms with Crippen LogP contribution in [0.2, 0.25) is 0 Å². The van der Waals surface area contributed by atoms with E-state index in [1.165, 1.54) is 12.1 Å². The molecule has 0 atom stereocenters. The van der Waals surface area contributed by atoms with Crippen molar-refractivity contribution in [2.75, 3.05) is 52.9 Å². The number of ether oxygens (including phenoxy) is 8. The minimum Gasteiger partial charge on any atom is -0.352 e. The van der Waals surface area contributed by atoms with Crippen molar-refractivity contribution in [1.29, 1.82) is 0 Å². The Hall–Kier alpha value is -2.56. The Morgan fingerprint density at radius 3 is 1.47 bits per heavy atom. The molecule has 4 saturated heterocycles. The summed E-state index contributed by atoms with van der Waals surface area (Å²) in [6.07, 6.45) is 3.27. The summed E-state index contributed by atoms with van der Waals surface area (Å²) in [5.41, 5.74) is 0.0600. The first-order chi connectivity index (χ1) is 25.5. The van der Waals surface area contributed by atoms with E-state index in [9.17, 15) is 26.3 Å². The van der Waals surface area contributed by atoms with Gasteiger partial charge in [-0.1, -0.05) is 37.6 Å². The van der Waals surface area contributed by atoms with Gasteiger partial charge in [-0.25, -0.2) is 13.2 Å². The Labute approximate surface area is 307 Å². The second-order valence-electron chi connectivity index (χ2n) is 13.9. The number of allylic oxidation sites excluding steroid dienone is 1. The molecule has 0 amide bonds. The SMILES string of the molecule is C/C=C/C1COC(CCC2COC(c3cc(F)c(F)c(F)c3)OC2)OC1.CCCC1COC(CCC2COC(c3ccc(C(F)(F)F)cc3)OC2)OC1. The summed E-state index contributed by atoms with van der Waals surface area (Å²) in [5, 5.41) is 0. The molecule has 0 saturated carbocycles. The lowest BCUT2D eigenvalue weighted by Gasteiger charge is -2.32. The molecule has 0 radical (unpaired) electrons. The third-order valence-electron chi connectivity index (χ3n) is 9.53. The van der Waals surface area contributed by atoms with E-state index in [1.54, 1.807) is 0 Å². The van der Waals surface area contributed by atoms with Gasteiger partial charge in [0.2, 0.25) is 0 Å². The third-order valence-corrected chi connectivity index (χ3v) is 9.53. The average molecular weight is 761 g/mol. The van der Waals surface area contributed by atoms with Crippen LogP contribution in [0.1, 0.15) is 81.6 Å². The summed E-state index contributed by atoms with van der Waals surface area (Å²) in [4.78, 5) is 0. The maximum atomic E-state index is 13.3. The summed E-state index contributed by atoms with van der Waals surface area (Å²) in [7, 11) is 0. The van der Waals surface area contributed by atoms with Gasteiger partial charge in [-0.2, -0.15) is 13.2 Å². The van der Waals surface area contributed by atoms with E-state index < -0.39 is 41.8 Å². The highest BCUT2D eigenvalue weighted by Gasteiger charge is 2.32. The molecule has 4 fully saturated rings. The molecule has 0 N–H and O–H groups in total. The summed E-state index contributed by atoms with van der Waals surface area (Å²) in [6.45, 7) is 8.74. The molecule has 4 aliphatic heterocycles. The van der Waals surface area contributed by atoms with Gasteiger partial charge in [-0.3, -0.25) is 0 Å². The van der Waals surface area contributed by atoms with Gasteiger partial charge in [0.1, 0.15) is 0 Å². The summed E-state index contributed by atoms with van der Waals surface area (Å²) < 4.78 is 123. The maximum Gasteiger partial charge on any atom is 0.416 e. The van der Waals surface area contributed by atoms with Crippen molar-refractivity contribution in [1.82, 2.24) is 0 Å². The summed E-state index contributed by atoms with van der Waals surface area (Å²) in [6, 6.07) is 6.71. The molecule has 0 aromatic heterocycles. The molecular formula is C39H50F6O8. The van der Waals surface area contributed by atoms with Gasteiger partial charge in [0.25, 0.3) is 0 Å². The number of alkyl halides is 3. The number of hydrogen-bond donors (Lipinski definition) is 0. The number of halogens is 6. The Bertz CT molecular complexity index is 1370. The lowest BCUT2D eigenvalue weighted by molar-refractivity contribution is -0.220. The van der Waals surface area contributed by atoms with Crippen LogP contribution in [0.25, 0.3) is 0 Å². The van der Waals surface area contributed by atoms with Gasteiger partial charge in [0.05, 0.1) is 58.4 Å². The van der Waals surface area contributed by atoms with Crippen LogP contribution in [0.5, 0.6) is 0 Å². The van der Waals surface area contributed by atoms with Gasteiger partial charge in [-0.05, 0) is 63.3 Å². The van der Waals surface area contributed by atoms with Crippen molar-refractivity contribution < 1.29 is 64.2 Å². The van der Waals surface area contributed by atoms with Crippen LogP contribution in [0, 0.1) is 41.1 Å². The second kappa shape index (κ2) is 20.4. The molecule has 6 rings (SSSR count). The van der Waals surface area contributed by atoms with Crippen molar-refractivity contribution >= 4 is 0 Å². The monoisotopic (exact) mass is 760 g/mol. The Morgan fingerprint density at radius 2 is 1.02 bits per heavy atom. The molecule has 0 bridgehead atoms. The lowest BCUT2D eigenvalue weighted by Crippen LogP contribution is -2.33. The molecule has 0 unspecified atom stereocenters. The first-order valence-electron chi connectivity index (χ1n) is 18.4. The molecule has 4 aliphatic rings. The minimum absolute atomic E-state index is 0.133. The van der Waals surface area contributed by atoms with Crippen LogP contribution in [0.4, 0.5) is 26.3 Å². The van der Waals surface area contributed by atoms with Crippen molar-refractivity contribution in [3.8, 4) is 0 Å². The lowest BCUT2D eigenvalue weighted by atomic mass is 10.0. The van der Waals surface area contributed by atoms with Gasteiger partial charge in [0.15, 0.2) is 42.6 Å². The molecular weight excluding hydrogens is 710 g/mol. The van der Waals surface area contributed by atoms with Gasteiger partial charge in [0, 0.05) is 34.8 Å². The van der Waals surface area contributed by atoms with Crippen LogP contribution >= 0.6 is 0 Å². The Balaban J connectivity index is 0.000000204. The van der Waals surface area contributed by atoms with E-state index in [1.807, 2.05) is 13.0 Å². The standard InChI is InChI=1S/C20H27F3O4.C19H23F3O4/c1-2-3-14-10-24-18(25-11-14)9-4-15-12-26-19(27-13-15)16-5-7-17(8-6-16)20(21,22)23;1-2-3-12-8-23-17(24-9-12)5-4-13-10-25-19(26-11-13)14-6-15(20)18(22)16(21)7-14/h5-8,14-15,18-19H,2-4,9-13H2,1H3;2-3,6-7,12-13,17,19H,4-5,8-11H2,1H3/b;3-2+. The van der Waals surface area contributed by atoms with Gasteiger partial charge in [-0.15, -0.1) is 0 Å². The third kappa shape index (κ3) is 12.7. The minimum atomic E-state index is -4.34. The highest BCUT2D eigenvalue weighted by Crippen LogP contribution is 2.33. The van der Waals surface area contributed by atoms with Gasteiger partial charge >= 0.3 is 6.18 Å². The molecule has 296 valence electrons. The molecule has 4 heterocycles. The summed E-state index contributed by atoms with van der Waals surface area (Å²) >= 11 is 0. The first kappa shape index (κ1) is 41.6. The molecule has 14 heteroatoms. The zero-order valence-corrected chi connectivity index (χ0v) is 30.2. The predicted octanol–water partition coefficient (Wildman–Crippen LogP) is 9.05. The highest BCUT2D eigenvalue weighted by atomic mass is 19.4. The fourth-order valence-corrected chi connectivity index (χ4v) is 6.52. The highest BCUT2D eigenvalue weighted by molar-refractivity contribution is 5.25. The van der Waals surface area contributed by atoms with Crippen LogP contribution < -0.4 is 0 Å². The molecule has 2 aromatic rings. The number of rotatable bonds is 11. The molecule has 0 aliphatic carbocycles. The van der Waals surface area contributed by atoms with E-state index in [2.05, 4.69) is 13.0 Å². The molecule has 0 spiro atoms. The smallest absolute Gasteiger partial charge is 0.352 e. The molecule has 8 nitrogen and oxygen atoms in total. The first-order valence-corrected chi connectivity index (χ1v) is 18.4. The van der Waals surface area contributed by atoms with Crippen molar-refractivity contribution in [2.24, 2.45) is 23.7 Å². The maximum absolute atomic E-state index is 13.3. The zero-order chi connectivity index (χ0) is 37.8. The largest absolute Gasteiger partial charge is 0.416 e. The molecule has 53 heavy (non-hydrogen) atoms.